The van der Waals surface area contributed by atoms with Gasteiger partial charge < -0.3 is 10.2 Å². The van der Waals surface area contributed by atoms with Crippen molar-refractivity contribution >= 4 is 23.4 Å². The number of nitrogens with zero attached hydrogens (tertiary/aromatic N) is 1. The van der Waals surface area contributed by atoms with Gasteiger partial charge in [0.1, 0.15) is 6.04 Å². The van der Waals surface area contributed by atoms with Gasteiger partial charge in [-0.25, -0.2) is 0 Å². The quantitative estimate of drug-likeness (QED) is 0.310. The lowest BCUT2D eigenvalue weighted by Gasteiger charge is -2.32. The van der Waals surface area contributed by atoms with Crippen LogP contribution in [0.1, 0.15) is 48.4 Å². The molecular weight excluding hydrogens is 456 g/mol. The van der Waals surface area contributed by atoms with Crippen molar-refractivity contribution in [3.05, 3.63) is 106 Å². The number of unbranched alkanes of at least 4 members (excludes halogenated alkanes) is 1. The summed E-state index contributed by atoms with van der Waals surface area (Å²) in [5, 5.41) is 3.72. The average Bonchev–Trinajstić information content (AvgIpc) is 2.87. The number of rotatable bonds is 12. The van der Waals surface area contributed by atoms with Crippen molar-refractivity contribution in [2.75, 3.05) is 6.54 Å². The molecule has 3 aromatic rings. The fourth-order valence-electron chi connectivity index (χ4n) is 4.04. The summed E-state index contributed by atoms with van der Waals surface area (Å²) >= 11 is 6.33. The minimum atomic E-state index is -0.602. The van der Waals surface area contributed by atoms with E-state index >= 15 is 0 Å². The van der Waals surface area contributed by atoms with Crippen molar-refractivity contribution in [3.8, 4) is 0 Å². The molecule has 0 bridgehead atoms. The summed E-state index contributed by atoms with van der Waals surface area (Å²) in [6, 6.07) is 25.0. The molecule has 4 nitrogen and oxygen atoms in total. The second-order valence-corrected chi connectivity index (χ2v) is 9.36. The van der Waals surface area contributed by atoms with E-state index in [1.807, 2.05) is 85.8 Å². The normalized spacial score (nSPS) is 11.6. The lowest BCUT2D eigenvalue weighted by molar-refractivity contribution is -0.141. The number of amides is 2. The molecule has 1 N–H and O–H groups in total. The Bertz CT molecular complexity index is 1080. The van der Waals surface area contributed by atoms with Gasteiger partial charge >= 0.3 is 0 Å². The topological polar surface area (TPSA) is 49.4 Å². The third kappa shape index (κ3) is 8.25. The smallest absolute Gasteiger partial charge is 0.243 e. The molecule has 35 heavy (non-hydrogen) atoms. The van der Waals surface area contributed by atoms with E-state index in [4.69, 9.17) is 11.6 Å². The maximum atomic E-state index is 13.7. The van der Waals surface area contributed by atoms with Gasteiger partial charge in [-0.2, -0.15) is 0 Å². The Kier molecular flexibility index (Phi) is 10.4. The highest BCUT2D eigenvalue weighted by Crippen LogP contribution is 2.20. The van der Waals surface area contributed by atoms with Crippen LogP contribution in [0.2, 0.25) is 5.02 Å². The molecule has 0 radical (unpaired) electrons. The van der Waals surface area contributed by atoms with Crippen molar-refractivity contribution in [2.45, 2.75) is 58.5 Å². The lowest BCUT2D eigenvalue weighted by Crippen LogP contribution is -2.50. The first kappa shape index (κ1) is 26.5. The maximum Gasteiger partial charge on any atom is 0.243 e. The Morgan fingerprint density at radius 1 is 0.914 bits per heavy atom. The maximum absolute atomic E-state index is 13.7. The van der Waals surface area contributed by atoms with Gasteiger partial charge in [-0.1, -0.05) is 103 Å². The van der Waals surface area contributed by atoms with Gasteiger partial charge in [0.05, 0.1) is 0 Å². The van der Waals surface area contributed by atoms with Crippen LogP contribution in [0.25, 0.3) is 0 Å². The summed E-state index contributed by atoms with van der Waals surface area (Å²) in [5.41, 5.74) is 4.12. The van der Waals surface area contributed by atoms with Gasteiger partial charge in [-0.15, -0.1) is 0 Å². The van der Waals surface area contributed by atoms with E-state index in [-0.39, 0.29) is 18.2 Å². The van der Waals surface area contributed by atoms with Gasteiger partial charge in [0, 0.05) is 31.0 Å². The molecular formula is C30H35ClN2O2. The zero-order chi connectivity index (χ0) is 25.0. The SMILES string of the molecule is CCCCNC(=O)C(Cc1ccccc1)N(Cc1ccc(C)cc1)C(=O)CCc1ccccc1Cl. The van der Waals surface area contributed by atoms with Crippen LogP contribution in [-0.4, -0.2) is 29.3 Å². The van der Waals surface area contributed by atoms with Gasteiger partial charge in [0.15, 0.2) is 0 Å². The number of hydrogen-bond donors (Lipinski definition) is 1. The number of nitrogens with one attached hydrogen (secondary N) is 1. The summed E-state index contributed by atoms with van der Waals surface area (Å²) in [7, 11) is 0. The summed E-state index contributed by atoms with van der Waals surface area (Å²) in [4.78, 5) is 28.8. The minimum Gasteiger partial charge on any atom is -0.354 e. The van der Waals surface area contributed by atoms with E-state index in [1.54, 1.807) is 4.90 Å². The van der Waals surface area contributed by atoms with E-state index in [1.165, 1.54) is 0 Å². The first-order valence-corrected chi connectivity index (χ1v) is 12.8. The zero-order valence-electron chi connectivity index (χ0n) is 20.7. The van der Waals surface area contributed by atoms with Crippen LogP contribution in [0.3, 0.4) is 0 Å². The minimum absolute atomic E-state index is 0.0583. The Balaban J connectivity index is 1.88. The van der Waals surface area contributed by atoms with Gasteiger partial charge in [-0.05, 0) is 42.5 Å². The molecule has 0 aliphatic heterocycles. The molecule has 0 saturated carbocycles. The molecule has 2 amide bonds. The summed E-state index contributed by atoms with van der Waals surface area (Å²) in [6.45, 7) is 5.11. The van der Waals surface area contributed by atoms with E-state index < -0.39 is 6.04 Å². The van der Waals surface area contributed by atoms with Crippen LogP contribution in [0.4, 0.5) is 0 Å². The molecule has 0 fully saturated rings. The second kappa shape index (κ2) is 13.7. The number of benzene rings is 3. The van der Waals surface area contributed by atoms with Crippen LogP contribution in [-0.2, 0) is 29.0 Å². The van der Waals surface area contributed by atoms with Crippen molar-refractivity contribution in [2.24, 2.45) is 0 Å². The van der Waals surface area contributed by atoms with Gasteiger partial charge in [-0.3, -0.25) is 9.59 Å². The van der Waals surface area contributed by atoms with E-state index in [2.05, 4.69) is 12.2 Å². The van der Waals surface area contributed by atoms with Crippen LogP contribution in [0, 0.1) is 6.92 Å². The van der Waals surface area contributed by atoms with E-state index in [0.29, 0.717) is 31.0 Å². The van der Waals surface area contributed by atoms with Crippen LogP contribution >= 0.6 is 11.6 Å². The fourth-order valence-corrected chi connectivity index (χ4v) is 4.27. The predicted octanol–water partition coefficient (Wildman–Crippen LogP) is 6.14. The predicted molar refractivity (Wildman–Crippen MR) is 143 cm³/mol. The summed E-state index contributed by atoms with van der Waals surface area (Å²) < 4.78 is 0. The third-order valence-corrected chi connectivity index (χ3v) is 6.51. The number of carbonyl (C=O) groups is 2. The van der Waals surface area contributed by atoms with E-state index in [9.17, 15) is 9.59 Å². The molecule has 0 spiro atoms. The average molecular weight is 491 g/mol. The zero-order valence-corrected chi connectivity index (χ0v) is 21.4. The summed E-state index contributed by atoms with van der Waals surface area (Å²) in [6.07, 6.45) is 3.17. The Hall–Kier alpha value is -3.11. The number of halogens is 1. The molecule has 3 rings (SSSR count). The number of hydrogen-bond acceptors (Lipinski definition) is 2. The lowest BCUT2D eigenvalue weighted by atomic mass is 10.0. The van der Waals surface area contributed by atoms with Gasteiger partial charge in [0.2, 0.25) is 11.8 Å². The van der Waals surface area contributed by atoms with Gasteiger partial charge in [0.25, 0.3) is 0 Å². The molecule has 3 aromatic carbocycles. The van der Waals surface area contributed by atoms with Crippen molar-refractivity contribution < 1.29 is 9.59 Å². The molecule has 5 heteroatoms. The summed E-state index contributed by atoms with van der Waals surface area (Å²) in [5.74, 6) is -0.169. The molecule has 1 atom stereocenters. The third-order valence-electron chi connectivity index (χ3n) is 6.14. The Labute approximate surface area is 214 Å². The fraction of sp³-hybridized carbons (Fsp3) is 0.333. The highest BCUT2D eigenvalue weighted by atomic mass is 35.5. The highest BCUT2D eigenvalue weighted by Gasteiger charge is 2.30. The van der Waals surface area contributed by atoms with E-state index in [0.717, 1.165) is 35.1 Å². The second-order valence-electron chi connectivity index (χ2n) is 8.95. The standard InChI is InChI=1S/C30H35ClN2O2/c1-3-4-20-32-30(35)28(21-24-10-6-5-7-11-24)33(22-25-16-14-23(2)15-17-25)29(34)19-18-26-12-8-9-13-27(26)31/h5-17,28H,3-4,18-22H2,1-2H3,(H,32,35). The van der Waals surface area contributed by atoms with Crippen molar-refractivity contribution in [1.29, 1.82) is 0 Å². The number of aryl methyl sites for hydroxylation is 2. The van der Waals surface area contributed by atoms with Crippen molar-refractivity contribution in [3.63, 3.8) is 0 Å². The van der Waals surface area contributed by atoms with Crippen LogP contribution in [0.5, 0.6) is 0 Å². The Morgan fingerprint density at radius 2 is 1.60 bits per heavy atom. The molecule has 184 valence electrons. The molecule has 0 aromatic heterocycles. The number of carbonyl (C=O) groups excluding carboxylic acids is 2. The molecule has 0 saturated heterocycles. The monoisotopic (exact) mass is 490 g/mol. The first-order chi connectivity index (χ1) is 17.0. The molecule has 1 unspecified atom stereocenters. The highest BCUT2D eigenvalue weighted by molar-refractivity contribution is 6.31. The molecule has 0 aliphatic carbocycles. The Morgan fingerprint density at radius 3 is 2.29 bits per heavy atom. The molecule has 0 aliphatic rings. The molecule has 0 heterocycles. The largest absolute Gasteiger partial charge is 0.354 e. The van der Waals surface area contributed by atoms with Crippen molar-refractivity contribution in [1.82, 2.24) is 10.2 Å². The van der Waals surface area contributed by atoms with Crippen LogP contribution in [0.15, 0.2) is 78.9 Å². The first-order valence-electron chi connectivity index (χ1n) is 12.4. The van der Waals surface area contributed by atoms with Crippen LogP contribution < -0.4 is 5.32 Å².